The normalized spacial score (nSPS) is 12.9. The Morgan fingerprint density at radius 3 is 1.63 bits per heavy atom. The van der Waals surface area contributed by atoms with Crippen molar-refractivity contribution >= 4 is 10.4 Å². The first kappa shape index (κ1) is 33.4. The molecule has 1 atom stereocenters. The van der Waals surface area contributed by atoms with Crippen LogP contribution in [0.5, 0.6) is 0 Å². The van der Waals surface area contributed by atoms with Gasteiger partial charge in [-0.3, -0.25) is 4.18 Å². The minimum Gasteiger partial charge on any atom is -0.726 e. The van der Waals surface area contributed by atoms with Crippen molar-refractivity contribution in [2.45, 2.75) is 129 Å². The average molecular weight is 471 g/mol. The Morgan fingerprint density at radius 2 is 1.17 bits per heavy atom. The standard InChI is InChI=1S/C24H48O4S.K/c1-3-5-7-9-11-13-14-16-18-20-22-24(23-28-29(25,26)27)21-19-17-15-12-10-8-6-4-2;/h20,22,24H,3-19,21,23H2,1-2H3,(H,25,26,27);/q;+1/p-1/b22-20+;. The van der Waals surface area contributed by atoms with Crippen molar-refractivity contribution in [3.05, 3.63) is 12.2 Å². The minimum absolute atomic E-state index is 0. The second-order valence-electron chi connectivity index (χ2n) is 8.41. The molecule has 0 spiro atoms. The molecular weight excluding hydrogens is 423 g/mol. The van der Waals surface area contributed by atoms with Gasteiger partial charge in [0.2, 0.25) is 10.4 Å². The molecule has 0 bridgehead atoms. The van der Waals surface area contributed by atoms with Crippen LogP contribution in [-0.2, 0) is 14.6 Å². The van der Waals surface area contributed by atoms with E-state index in [1.165, 1.54) is 96.3 Å². The van der Waals surface area contributed by atoms with Crippen molar-refractivity contribution in [2.75, 3.05) is 6.61 Å². The van der Waals surface area contributed by atoms with Crippen molar-refractivity contribution in [3.8, 4) is 0 Å². The fourth-order valence-electron chi connectivity index (χ4n) is 3.63. The van der Waals surface area contributed by atoms with Crippen molar-refractivity contribution in [1.82, 2.24) is 0 Å². The van der Waals surface area contributed by atoms with E-state index in [-0.39, 0.29) is 63.9 Å². The van der Waals surface area contributed by atoms with Crippen LogP contribution in [0.2, 0.25) is 0 Å². The van der Waals surface area contributed by atoms with Gasteiger partial charge in [0.25, 0.3) is 0 Å². The first-order valence-corrected chi connectivity index (χ1v) is 13.6. The molecule has 0 aliphatic rings. The molecule has 0 saturated heterocycles. The van der Waals surface area contributed by atoms with E-state index in [0.29, 0.717) is 0 Å². The number of hydrogen-bond donors (Lipinski definition) is 0. The third-order valence-corrected chi connectivity index (χ3v) is 5.91. The molecule has 4 nitrogen and oxygen atoms in total. The maximum atomic E-state index is 10.8. The Labute approximate surface area is 230 Å². The fourth-order valence-corrected chi connectivity index (χ4v) is 3.97. The van der Waals surface area contributed by atoms with Gasteiger partial charge in [0.05, 0.1) is 6.61 Å². The van der Waals surface area contributed by atoms with Gasteiger partial charge in [-0.05, 0) is 19.3 Å². The molecule has 0 N–H and O–H groups in total. The molecule has 0 aromatic carbocycles. The quantitative estimate of drug-likeness (QED) is 0.0756. The molecule has 0 fully saturated rings. The molecule has 0 rings (SSSR count). The number of hydrogen-bond acceptors (Lipinski definition) is 4. The third kappa shape index (κ3) is 27.3. The van der Waals surface area contributed by atoms with E-state index in [1.807, 2.05) is 0 Å². The summed E-state index contributed by atoms with van der Waals surface area (Å²) in [5.41, 5.74) is 0. The second kappa shape index (κ2) is 24.9. The van der Waals surface area contributed by atoms with Gasteiger partial charge in [0, 0.05) is 5.92 Å². The van der Waals surface area contributed by atoms with Gasteiger partial charge in [-0.15, -0.1) is 0 Å². The van der Waals surface area contributed by atoms with E-state index in [2.05, 4.69) is 30.2 Å². The summed E-state index contributed by atoms with van der Waals surface area (Å²) >= 11 is 0. The van der Waals surface area contributed by atoms with Crippen molar-refractivity contribution < 1.29 is 68.5 Å². The van der Waals surface area contributed by atoms with Crippen LogP contribution < -0.4 is 51.4 Å². The molecule has 0 radical (unpaired) electrons. The van der Waals surface area contributed by atoms with Crippen LogP contribution >= 0.6 is 0 Å². The Balaban J connectivity index is 0. The zero-order valence-corrected chi connectivity index (χ0v) is 24.1. The van der Waals surface area contributed by atoms with E-state index in [9.17, 15) is 13.0 Å². The smallest absolute Gasteiger partial charge is 0.726 e. The summed E-state index contributed by atoms with van der Waals surface area (Å²) in [4.78, 5) is 0. The first-order valence-electron chi connectivity index (χ1n) is 12.3. The summed E-state index contributed by atoms with van der Waals surface area (Å²) in [6, 6.07) is 0. The van der Waals surface area contributed by atoms with Crippen LogP contribution in [0.1, 0.15) is 129 Å². The SMILES string of the molecule is CCCCCCCCCC/C=C/C(CCCCCCCCCC)COS(=O)(=O)[O-].[K+]. The molecule has 174 valence electrons. The van der Waals surface area contributed by atoms with Gasteiger partial charge < -0.3 is 4.55 Å². The zero-order chi connectivity index (χ0) is 21.6. The van der Waals surface area contributed by atoms with E-state index in [1.54, 1.807) is 0 Å². The predicted octanol–water partition coefficient (Wildman–Crippen LogP) is 4.70. The summed E-state index contributed by atoms with van der Waals surface area (Å²) in [7, 11) is -4.60. The van der Waals surface area contributed by atoms with Gasteiger partial charge in [0.15, 0.2) is 0 Å². The van der Waals surface area contributed by atoms with Gasteiger partial charge in [-0.25, -0.2) is 8.42 Å². The summed E-state index contributed by atoms with van der Waals surface area (Å²) in [5.74, 6) is 0.0212. The maximum Gasteiger partial charge on any atom is 1.00 e. The Kier molecular flexibility index (Phi) is 27.7. The van der Waals surface area contributed by atoms with Crippen molar-refractivity contribution in [1.29, 1.82) is 0 Å². The van der Waals surface area contributed by atoms with Crippen LogP contribution in [0, 0.1) is 5.92 Å². The van der Waals surface area contributed by atoms with Crippen LogP contribution in [0.15, 0.2) is 12.2 Å². The maximum absolute atomic E-state index is 10.8. The number of allylic oxidation sites excluding steroid dienone is 1. The zero-order valence-electron chi connectivity index (χ0n) is 20.2. The molecule has 0 aromatic heterocycles. The molecule has 0 aromatic rings. The third-order valence-electron chi connectivity index (χ3n) is 5.49. The van der Waals surface area contributed by atoms with Crippen LogP contribution in [0.4, 0.5) is 0 Å². The molecule has 30 heavy (non-hydrogen) atoms. The largest absolute Gasteiger partial charge is 1.00 e. The average Bonchev–Trinajstić information content (AvgIpc) is 2.68. The molecule has 0 amide bonds. The van der Waals surface area contributed by atoms with Gasteiger partial charge >= 0.3 is 51.4 Å². The summed E-state index contributed by atoms with van der Waals surface area (Å²) in [6.07, 6.45) is 26.5. The van der Waals surface area contributed by atoms with Crippen LogP contribution in [-0.4, -0.2) is 19.6 Å². The summed E-state index contributed by atoms with van der Waals surface area (Å²) in [5, 5.41) is 0. The van der Waals surface area contributed by atoms with Crippen molar-refractivity contribution in [3.63, 3.8) is 0 Å². The molecule has 0 heterocycles. The van der Waals surface area contributed by atoms with Gasteiger partial charge in [0.1, 0.15) is 0 Å². The topological polar surface area (TPSA) is 66.4 Å². The van der Waals surface area contributed by atoms with Crippen LogP contribution in [0.3, 0.4) is 0 Å². The Hall–Kier alpha value is 1.25. The molecule has 6 heteroatoms. The molecular formula is C24H47KO4S. The summed E-state index contributed by atoms with van der Waals surface area (Å²) in [6.45, 7) is 4.45. The molecule has 1 unspecified atom stereocenters. The van der Waals surface area contributed by atoms with E-state index < -0.39 is 10.4 Å². The van der Waals surface area contributed by atoms with E-state index in [0.717, 1.165) is 19.3 Å². The fraction of sp³-hybridized carbons (Fsp3) is 0.917. The van der Waals surface area contributed by atoms with E-state index >= 15 is 0 Å². The minimum atomic E-state index is -4.60. The molecule has 0 aliphatic carbocycles. The van der Waals surface area contributed by atoms with Crippen LogP contribution in [0.25, 0.3) is 0 Å². The van der Waals surface area contributed by atoms with E-state index in [4.69, 9.17) is 0 Å². The van der Waals surface area contributed by atoms with Crippen molar-refractivity contribution in [2.24, 2.45) is 5.92 Å². The first-order chi connectivity index (χ1) is 14.0. The Morgan fingerprint density at radius 1 is 0.733 bits per heavy atom. The number of unbranched alkanes of at least 4 members (excludes halogenated alkanes) is 15. The molecule has 0 aliphatic heterocycles. The predicted molar refractivity (Wildman–Crippen MR) is 123 cm³/mol. The monoisotopic (exact) mass is 470 g/mol. The van der Waals surface area contributed by atoms with Gasteiger partial charge in [-0.1, -0.05) is 122 Å². The Bertz CT molecular complexity index is 466. The second-order valence-corrected chi connectivity index (χ2v) is 9.46. The van der Waals surface area contributed by atoms with Gasteiger partial charge in [-0.2, -0.15) is 0 Å². The molecule has 0 saturated carbocycles. The summed E-state index contributed by atoms with van der Waals surface area (Å²) < 4.78 is 36.9. The number of rotatable bonds is 22.